The molecule has 2 aromatic rings. The molecule has 0 aliphatic carbocycles. The van der Waals surface area contributed by atoms with E-state index in [1.54, 1.807) is 37.3 Å². The standard InChI is InChI=1S/C16H17ClN2O2/c1-19(10-11-4-3-5-13(8-11)21-2)16(20)14-9-12(18)6-7-15(14)17/h3-9H,10,18H2,1-2H3. The largest absolute Gasteiger partial charge is 0.497 e. The van der Waals surface area contributed by atoms with Gasteiger partial charge in [-0.2, -0.15) is 0 Å². The van der Waals surface area contributed by atoms with E-state index in [-0.39, 0.29) is 5.91 Å². The number of nitrogen functional groups attached to an aromatic ring is 1. The van der Waals surface area contributed by atoms with Crippen molar-refractivity contribution in [1.82, 2.24) is 4.90 Å². The molecule has 0 bridgehead atoms. The van der Waals surface area contributed by atoms with Gasteiger partial charge < -0.3 is 15.4 Å². The van der Waals surface area contributed by atoms with Gasteiger partial charge in [0.25, 0.3) is 5.91 Å². The van der Waals surface area contributed by atoms with Crippen molar-refractivity contribution in [2.75, 3.05) is 19.9 Å². The lowest BCUT2D eigenvalue weighted by Gasteiger charge is -2.18. The van der Waals surface area contributed by atoms with E-state index < -0.39 is 0 Å². The molecular formula is C16H17ClN2O2. The molecule has 0 aromatic heterocycles. The number of amides is 1. The van der Waals surface area contributed by atoms with Gasteiger partial charge in [0.05, 0.1) is 17.7 Å². The van der Waals surface area contributed by atoms with Gasteiger partial charge in [-0.3, -0.25) is 4.79 Å². The predicted octanol–water partition coefficient (Wildman–Crippen LogP) is 3.20. The minimum absolute atomic E-state index is 0.171. The molecule has 21 heavy (non-hydrogen) atoms. The van der Waals surface area contributed by atoms with Crippen LogP contribution in [0.5, 0.6) is 5.75 Å². The topological polar surface area (TPSA) is 55.6 Å². The second-order valence-electron chi connectivity index (χ2n) is 4.75. The monoisotopic (exact) mass is 304 g/mol. The van der Waals surface area contributed by atoms with Crippen LogP contribution in [0.25, 0.3) is 0 Å². The van der Waals surface area contributed by atoms with Gasteiger partial charge in [0.2, 0.25) is 0 Å². The first-order valence-corrected chi connectivity index (χ1v) is 6.82. The number of anilines is 1. The van der Waals surface area contributed by atoms with E-state index in [2.05, 4.69) is 0 Å². The summed E-state index contributed by atoms with van der Waals surface area (Å²) in [6.45, 7) is 0.459. The lowest BCUT2D eigenvalue weighted by molar-refractivity contribution is 0.0785. The van der Waals surface area contributed by atoms with Crippen molar-refractivity contribution in [1.29, 1.82) is 0 Å². The smallest absolute Gasteiger partial charge is 0.255 e. The molecule has 0 aliphatic heterocycles. The van der Waals surface area contributed by atoms with Crippen molar-refractivity contribution < 1.29 is 9.53 Å². The Kier molecular flexibility index (Phi) is 4.70. The zero-order valence-electron chi connectivity index (χ0n) is 12.0. The van der Waals surface area contributed by atoms with Crippen LogP contribution in [-0.4, -0.2) is 25.0 Å². The number of ether oxygens (including phenoxy) is 1. The number of methoxy groups -OCH3 is 1. The van der Waals surface area contributed by atoms with Gasteiger partial charge in [-0.1, -0.05) is 23.7 Å². The highest BCUT2D eigenvalue weighted by molar-refractivity contribution is 6.33. The van der Waals surface area contributed by atoms with E-state index in [0.29, 0.717) is 22.8 Å². The fourth-order valence-electron chi connectivity index (χ4n) is 2.03. The summed E-state index contributed by atoms with van der Waals surface area (Å²) in [4.78, 5) is 14.0. The second kappa shape index (κ2) is 6.50. The zero-order valence-corrected chi connectivity index (χ0v) is 12.7. The molecule has 0 saturated heterocycles. The van der Waals surface area contributed by atoms with Crippen molar-refractivity contribution in [2.24, 2.45) is 0 Å². The minimum atomic E-state index is -0.171. The maximum Gasteiger partial charge on any atom is 0.255 e. The Morgan fingerprint density at radius 1 is 1.29 bits per heavy atom. The molecule has 0 saturated carbocycles. The molecular weight excluding hydrogens is 288 g/mol. The number of nitrogens with zero attached hydrogens (tertiary/aromatic N) is 1. The maximum atomic E-state index is 12.4. The van der Waals surface area contributed by atoms with Crippen molar-refractivity contribution in [3.8, 4) is 5.75 Å². The first-order valence-electron chi connectivity index (χ1n) is 6.44. The molecule has 4 nitrogen and oxygen atoms in total. The number of halogens is 1. The van der Waals surface area contributed by atoms with Crippen molar-refractivity contribution in [2.45, 2.75) is 6.54 Å². The quantitative estimate of drug-likeness (QED) is 0.883. The van der Waals surface area contributed by atoms with E-state index >= 15 is 0 Å². The van der Waals surface area contributed by atoms with Crippen LogP contribution >= 0.6 is 11.6 Å². The summed E-state index contributed by atoms with van der Waals surface area (Å²) in [7, 11) is 3.34. The van der Waals surface area contributed by atoms with E-state index in [9.17, 15) is 4.79 Å². The van der Waals surface area contributed by atoms with E-state index in [4.69, 9.17) is 22.1 Å². The Morgan fingerprint density at radius 3 is 2.76 bits per heavy atom. The van der Waals surface area contributed by atoms with Crippen molar-refractivity contribution in [3.63, 3.8) is 0 Å². The van der Waals surface area contributed by atoms with Crippen LogP contribution in [0.1, 0.15) is 15.9 Å². The Bertz CT molecular complexity index is 658. The number of carbonyl (C=O) groups excluding carboxylic acids is 1. The third-order valence-corrected chi connectivity index (χ3v) is 3.45. The van der Waals surface area contributed by atoms with E-state index in [1.165, 1.54) is 0 Å². The molecule has 110 valence electrons. The highest BCUT2D eigenvalue weighted by Crippen LogP contribution is 2.21. The average Bonchev–Trinajstić information content (AvgIpc) is 2.49. The SMILES string of the molecule is COc1cccc(CN(C)C(=O)c2cc(N)ccc2Cl)c1. The number of hydrogen-bond acceptors (Lipinski definition) is 3. The molecule has 0 fully saturated rings. The van der Waals surface area contributed by atoms with Gasteiger partial charge in [0.15, 0.2) is 0 Å². The summed E-state index contributed by atoms with van der Waals surface area (Å²) in [5.74, 6) is 0.588. The zero-order chi connectivity index (χ0) is 15.4. The van der Waals surface area contributed by atoms with Crippen LogP contribution in [0.15, 0.2) is 42.5 Å². The molecule has 0 aliphatic rings. The molecule has 1 amide bonds. The molecule has 0 unspecified atom stereocenters. The van der Waals surface area contributed by atoms with Crippen LogP contribution in [0.2, 0.25) is 5.02 Å². The molecule has 2 rings (SSSR count). The van der Waals surface area contributed by atoms with Gasteiger partial charge in [-0.15, -0.1) is 0 Å². The summed E-state index contributed by atoms with van der Waals surface area (Å²) in [5.41, 5.74) is 7.60. The van der Waals surface area contributed by atoms with Gasteiger partial charge in [0, 0.05) is 19.3 Å². The summed E-state index contributed by atoms with van der Waals surface area (Å²) in [6.07, 6.45) is 0. The third-order valence-electron chi connectivity index (χ3n) is 3.12. The Labute approximate surface area is 129 Å². The first kappa shape index (κ1) is 15.2. The normalized spacial score (nSPS) is 10.2. The molecule has 0 heterocycles. The fraction of sp³-hybridized carbons (Fsp3) is 0.188. The predicted molar refractivity (Wildman–Crippen MR) is 84.7 cm³/mol. The minimum Gasteiger partial charge on any atom is -0.497 e. The van der Waals surface area contributed by atoms with Gasteiger partial charge in [0.1, 0.15) is 5.75 Å². The number of nitrogens with two attached hydrogens (primary N) is 1. The summed E-state index contributed by atoms with van der Waals surface area (Å²) >= 11 is 6.06. The molecule has 0 atom stereocenters. The van der Waals surface area contributed by atoms with Crippen molar-refractivity contribution >= 4 is 23.2 Å². The third kappa shape index (κ3) is 3.67. The molecule has 2 aromatic carbocycles. The second-order valence-corrected chi connectivity index (χ2v) is 5.16. The summed E-state index contributed by atoms with van der Waals surface area (Å²) in [6, 6.07) is 12.5. The van der Waals surface area contributed by atoms with Crippen LogP contribution in [0.3, 0.4) is 0 Å². The number of hydrogen-bond donors (Lipinski definition) is 1. The van der Waals surface area contributed by atoms with E-state index in [1.807, 2.05) is 24.3 Å². The highest BCUT2D eigenvalue weighted by Gasteiger charge is 2.16. The van der Waals surface area contributed by atoms with Crippen LogP contribution < -0.4 is 10.5 Å². The van der Waals surface area contributed by atoms with Gasteiger partial charge >= 0.3 is 0 Å². The Balaban J connectivity index is 2.17. The molecule has 5 heteroatoms. The lowest BCUT2D eigenvalue weighted by atomic mass is 10.1. The number of rotatable bonds is 4. The molecule has 0 spiro atoms. The Hall–Kier alpha value is -2.20. The number of carbonyl (C=O) groups is 1. The van der Waals surface area contributed by atoms with Crippen LogP contribution in [0, 0.1) is 0 Å². The summed E-state index contributed by atoms with van der Waals surface area (Å²) < 4.78 is 5.18. The van der Waals surface area contributed by atoms with Gasteiger partial charge in [-0.05, 0) is 35.9 Å². The first-order chi connectivity index (χ1) is 10.0. The van der Waals surface area contributed by atoms with Crippen LogP contribution in [-0.2, 0) is 6.54 Å². The maximum absolute atomic E-state index is 12.4. The van der Waals surface area contributed by atoms with Crippen LogP contribution in [0.4, 0.5) is 5.69 Å². The number of benzene rings is 2. The molecule has 2 N–H and O–H groups in total. The lowest BCUT2D eigenvalue weighted by Crippen LogP contribution is -2.26. The highest BCUT2D eigenvalue weighted by atomic mass is 35.5. The Morgan fingerprint density at radius 2 is 2.05 bits per heavy atom. The van der Waals surface area contributed by atoms with Crippen molar-refractivity contribution in [3.05, 3.63) is 58.6 Å². The van der Waals surface area contributed by atoms with Gasteiger partial charge in [-0.25, -0.2) is 0 Å². The summed E-state index contributed by atoms with van der Waals surface area (Å²) in [5, 5.41) is 0.395. The fourth-order valence-corrected chi connectivity index (χ4v) is 2.23. The van der Waals surface area contributed by atoms with E-state index in [0.717, 1.165) is 11.3 Å². The average molecular weight is 305 g/mol. The molecule has 0 radical (unpaired) electrons.